The van der Waals surface area contributed by atoms with Crippen molar-refractivity contribution >= 4 is 41.2 Å². The SMILES string of the molecule is NC(=O)NCCC(=O)NCCOCCNC(=O)c1cc(NC(N)=O)ccc1Cl. The molecule has 1 rings (SSSR count). The number of rotatable bonds is 11. The first-order valence-corrected chi connectivity index (χ1v) is 8.69. The molecule has 28 heavy (non-hydrogen) atoms. The minimum absolute atomic E-state index is 0.115. The van der Waals surface area contributed by atoms with E-state index in [1.165, 1.54) is 18.2 Å². The van der Waals surface area contributed by atoms with Crippen LogP contribution in [0.15, 0.2) is 18.2 Å². The second-order valence-electron chi connectivity index (χ2n) is 5.44. The maximum atomic E-state index is 12.1. The van der Waals surface area contributed by atoms with Gasteiger partial charge in [-0.2, -0.15) is 0 Å². The molecule has 0 heterocycles. The van der Waals surface area contributed by atoms with Crippen LogP contribution in [0.4, 0.5) is 15.3 Å². The zero-order chi connectivity index (χ0) is 20.9. The fourth-order valence-electron chi connectivity index (χ4n) is 2.00. The van der Waals surface area contributed by atoms with Gasteiger partial charge in [0.1, 0.15) is 0 Å². The fourth-order valence-corrected chi connectivity index (χ4v) is 2.21. The highest BCUT2D eigenvalue weighted by Gasteiger charge is 2.11. The molecular weight excluding hydrogens is 392 g/mol. The first-order chi connectivity index (χ1) is 13.3. The van der Waals surface area contributed by atoms with Gasteiger partial charge in [0.25, 0.3) is 5.91 Å². The molecule has 0 unspecified atom stereocenters. The maximum Gasteiger partial charge on any atom is 0.316 e. The molecule has 8 N–H and O–H groups in total. The van der Waals surface area contributed by atoms with Gasteiger partial charge in [-0.1, -0.05) is 11.6 Å². The summed E-state index contributed by atoms with van der Waals surface area (Å²) in [5.74, 6) is -0.679. The van der Waals surface area contributed by atoms with Crippen molar-refractivity contribution in [2.45, 2.75) is 6.42 Å². The summed E-state index contributed by atoms with van der Waals surface area (Å²) in [7, 11) is 0. The summed E-state index contributed by atoms with van der Waals surface area (Å²) in [6.07, 6.45) is 0.115. The van der Waals surface area contributed by atoms with Gasteiger partial charge in [0.15, 0.2) is 0 Å². The van der Waals surface area contributed by atoms with Gasteiger partial charge in [-0.25, -0.2) is 9.59 Å². The summed E-state index contributed by atoms with van der Waals surface area (Å²) in [5.41, 5.74) is 10.4. The molecule has 0 fully saturated rings. The van der Waals surface area contributed by atoms with Gasteiger partial charge in [0.05, 0.1) is 23.8 Å². The van der Waals surface area contributed by atoms with Crippen LogP contribution in [0.1, 0.15) is 16.8 Å². The van der Waals surface area contributed by atoms with Gasteiger partial charge in [-0.3, -0.25) is 9.59 Å². The molecule has 1 aromatic carbocycles. The molecule has 0 aromatic heterocycles. The highest BCUT2D eigenvalue weighted by atomic mass is 35.5. The van der Waals surface area contributed by atoms with Crippen LogP contribution in [-0.4, -0.2) is 56.7 Å². The first-order valence-electron chi connectivity index (χ1n) is 8.31. The van der Waals surface area contributed by atoms with Crippen molar-refractivity contribution in [2.75, 3.05) is 38.2 Å². The Morgan fingerprint density at radius 2 is 1.61 bits per heavy atom. The highest BCUT2D eigenvalue weighted by Crippen LogP contribution is 2.20. The Hall–Kier alpha value is -3.05. The third-order valence-electron chi connectivity index (χ3n) is 3.23. The number of primary amides is 2. The lowest BCUT2D eigenvalue weighted by Gasteiger charge is -2.10. The van der Waals surface area contributed by atoms with Crippen LogP contribution in [0.25, 0.3) is 0 Å². The predicted octanol–water partition coefficient (Wildman–Crippen LogP) is -0.248. The number of amides is 6. The van der Waals surface area contributed by atoms with Gasteiger partial charge >= 0.3 is 12.1 Å². The van der Waals surface area contributed by atoms with E-state index < -0.39 is 18.0 Å². The van der Waals surface area contributed by atoms with Gasteiger partial charge in [0.2, 0.25) is 5.91 Å². The number of carbonyl (C=O) groups is 4. The van der Waals surface area contributed by atoms with Crippen LogP contribution in [-0.2, 0) is 9.53 Å². The van der Waals surface area contributed by atoms with Crippen molar-refractivity contribution in [2.24, 2.45) is 11.5 Å². The maximum absolute atomic E-state index is 12.1. The second kappa shape index (κ2) is 12.4. The van der Waals surface area contributed by atoms with Crippen LogP contribution in [0.2, 0.25) is 5.02 Å². The standard InChI is InChI=1S/C16H23ClN6O5/c17-12-2-1-10(23-16(19)27)9-11(12)14(25)21-6-8-28-7-5-20-13(24)3-4-22-15(18)26/h1-2,9H,3-8H2,(H,20,24)(H,21,25)(H3,18,22,26)(H3,19,23,27). The van der Waals surface area contributed by atoms with Crippen LogP contribution >= 0.6 is 11.6 Å². The molecule has 0 saturated carbocycles. The Morgan fingerprint density at radius 3 is 2.25 bits per heavy atom. The highest BCUT2D eigenvalue weighted by molar-refractivity contribution is 6.34. The quantitative estimate of drug-likeness (QED) is 0.273. The lowest BCUT2D eigenvalue weighted by molar-refractivity contribution is -0.121. The van der Waals surface area contributed by atoms with E-state index in [2.05, 4.69) is 21.3 Å². The number of carbonyl (C=O) groups excluding carboxylic acids is 4. The molecule has 0 spiro atoms. The van der Waals surface area contributed by atoms with E-state index in [0.717, 1.165) is 0 Å². The molecule has 0 saturated heterocycles. The normalized spacial score (nSPS) is 10.0. The summed E-state index contributed by atoms with van der Waals surface area (Å²) in [5, 5.41) is 10.1. The van der Waals surface area contributed by atoms with E-state index in [0.29, 0.717) is 5.69 Å². The number of halogens is 1. The van der Waals surface area contributed by atoms with Gasteiger partial charge in [-0.05, 0) is 18.2 Å². The number of nitrogens with two attached hydrogens (primary N) is 2. The Kier molecular flexibility index (Phi) is 10.1. The van der Waals surface area contributed by atoms with E-state index in [4.69, 9.17) is 27.8 Å². The van der Waals surface area contributed by atoms with Crippen LogP contribution < -0.4 is 32.7 Å². The number of benzene rings is 1. The molecule has 12 heteroatoms. The zero-order valence-electron chi connectivity index (χ0n) is 15.0. The van der Waals surface area contributed by atoms with E-state index in [9.17, 15) is 19.2 Å². The monoisotopic (exact) mass is 414 g/mol. The molecule has 0 aliphatic carbocycles. The molecule has 1 aromatic rings. The summed E-state index contributed by atoms with van der Waals surface area (Å²) >= 11 is 5.99. The molecule has 0 aliphatic heterocycles. The topological polar surface area (TPSA) is 178 Å². The molecule has 154 valence electrons. The minimum Gasteiger partial charge on any atom is -0.378 e. The second-order valence-corrected chi connectivity index (χ2v) is 5.85. The first kappa shape index (κ1) is 23.0. The van der Waals surface area contributed by atoms with Crippen molar-refractivity contribution in [3.8, 4) is 0 Å². The average Bonchev–Trinajstić information content (AvgIpc) is 2.61. The molecule has 6 amide bonds. The average molecular weight is 415 g/mol. The number of hydrogen-bond acceptors (Lipinski definition) is 5. The molecule has 11 nitrogen and oxygen atoms in total. The Morgan fingerprint density at radius 1 is 0.929 bits per heavy atom. The molecular formula is C16H23ClN6O5. The van der Waals surface area contributed by atoms with Crippen molar-refractivity contribution in [3.63, 3.8) is 0 Å². The van der Waals surface area contributed by atoms with E-state index in [1.807, 2.05) is 0 Å². The Balaban J connectivity index is 2.21. The molecule has 0 atom stereocenters. The predicted molar refractivity (Wildman–Crippen MR) is 103 cm³/mol. The van der Waals surface area contributed by atoms with Gasteiger partial charge in [-0.15, -0.1) is 0 Å². The summed E-state index contributed by atoms with van der Waals surface area (Å²) in [6, 6.07) is 2.96. The molecule has 0 radical (unpaired) electrons. The number of urea groups is 2. The summed E-state index contributed by atoms with van der Waals surface area (Å²) in [6.45, 7) is 1.15. The summed E-state index contributed by atoms with van der Waals surface area (Å²) in [4.78, 5) is 44.9. The van der Waals surface area contributed by atoms with Crippen LogP contribution in [0, 0.1) is 0 Å². The van der Waals surface area contributed by atoms with Crippen LogP contribution in [0.5, 0.6) is 0 Å². The largest absolute Gasteiger partial charge is 0.378 e. The van der Waals surface area contributed by atoms with Gasteiger partial charge in [0, 0.05) is 31.7 Å². The van der Waals surface area contributed by atoms with E-state index in [1.54, 1.807) is 0 Å². The number of anilines is 1. The number of nitrogens with one attached hydrogen (secondary N) is 4. The lowest BCUT2D eigenvalue weighted by Crippen LogP contribution is -2.35. The number of hydrogen-bond donors (Lipinski definition) is 6. The van der Waals surface area contributed by atoms with Gasteiger partial charge < -0.3 is 37.5 Å². The van der Waals surface area contributed by atoms with Crippen molar-refractivity contribution < 1.29 is 23.9 Å². The summed E-state index contributed by atoms with van der Waals surface area (Å²) < 4.78 is 5.29. The van der Waals surface area contributed by atoms with E-state index >= 15 is 0 Å². The smallest absolute Gasteiger partial charge is 0.316 e. The molecule has 0 aliphatic rings. The van der Waals surface area contributed by atoms with Crippen molar-refractivity contribution in [1.29, 1.82) is 0 Å². The lowest BCUT2D eigenvalue weighted by atomic mass is 10.2. The third kappa shape index (κ3) is 9.59. The fraction of sp³-hybridized carbons (Fsp3) is 0.375. The minimum atomic E-state index is -0.752. The van der Waals surface area contributed by atoms with E-state index in [-0.39, 0.29) is 55.8 Å². The molecule has 0 bridgehead atoms. The van der Waals surface area contributed by atoms with Crippen molar-refractivity contribution in [1.82, 2.24) is 16.0 Å². The third-order valence-corrected chi connectivity index (χ3v) is 3.56. The Labute approximate surface area is 166 Å². The number of ether oxygens (including phenoxy) is 1. The zero-order valence-corrected chi connectivity index (χ0v) is 15.8. The van der Waals surface area contributed by atoms with Crippen LogP contribution in [0.3, 0.4) is 0 Å². The Bertz CT molecular complexity index is 715. The van der Waals surface area contributed by atoms with Crippen molar-refractivity contribution in [3.05, 3.63) is 28.8 Å².